The van der Waals surface area contributed by atoms with Crippen LogP contribution in [0.1, 0.15) is 56.2 Å². The first-order chi connectivity index (χ1) is 15.2. The van der Waals surface area contributed by atoms with Gasteiger partial charge in [0.1, 0.15) is 16.3 Å². The van der Waals surface area contributed by atoms with Crippen LogP contribution in [0.2, 0.25) is 0 Å². The molecule has 1 saturated heterocycles. The lowest BCUT2D eigenvalue weighted by Gasteiger charge is -2.25. The predicted octanol–water partition coefficient (Wildman–Crippen LogP) is 5.19. The number of carboxylic acids is 1. The minimum atomic E-state index is -0.900. The average Bonchev–Trinajstić information content (AvgIpc) is 3.10. The molecule has 1 amide bonds. The third kappa shape index (κ3) is 5.70. The SMILES string of the molecule is CCCCCn1c(-c2ccc(SC(C)(C)C(=O)O)cc2)nc(C(=O)N2CCSCC2)c1C. The molecule has 1 fully saturated rings. The highest BCUT2D eigenvalue weighted by atomic mass is 32.2. The number of carbonyl (C=O) groups is 2. The van der Waals surface area contributed by atoms with Crippen molar-refractivity contribution in [3.05, 3.63) is 35.7 Å². The lowest BCUT2D eigenvalue weighted by Crippen LogP contribution is -2.38. The summed E-state index contributed by atoms with van der Waals surface area (Å²) in [5.41, 5.74) is 2.41. The summed E-state index contributed by atoms with van der Waals surface area (Å²) in [6.45, 7) is 9.95. The first-order valence-corrected chi connectivity index (χ1v) is 13.2. The van der Waals surface area contributed by atoms with Crippen molar-refractivity contribution in [1.29, 1.82) is 0 Å². The minimum absolute atomic E-state index is 0.0219. The van der Waals surface area contributed by atoms with E-state index in [1.165, 1.54) is 11.8 Å². The molecule has 1 N–H and O–H groups in total. The standard InChI is InChI=1S/C24H33N3O3S2/c1-5-6-7-12-27-17(2)20(22(28)26-13-15-31-16-14-26)25-21(27)18-8-10-19(11-9-18)32-24(3,4)23(29)30/h8-11H,5-7,12-16H2,1-4H3,(H,29,30). The molecule has 0 bridgehead atoms. The van der Waals surface area contributed by atoms with Crippen molar-refractivity contribution < 1.29 is 14.7 Å². The molecule has 0 unspecified atom stereocenters. The second-order valence-corrected chi connectivity index (χ2v) is 11.5. The normalized spacial score (nSPS) is 14.6. The fourth-order valence-electron chi connectivity index (χ4n) is 3.68. The summed E-state index contributed by atoms with van der Waals surface area (Å²) in [5, 5.41) is 9.40. The number of aliphatic carboxylic acids is 1. The predicted molar refractivity (Wildman–Crippen MR) is 133 cm³/mol. The molecule has 32 heavy (non-hydrogen) atoms. The molecule has 0 saturated carbocycles. The maximum Gasteiger partial charge on any atom is 0.319 e. The summed E-state index contributed by atoms with van der Waals surface area (Å²) >= 11 is 3.20. The van der Waals surface area contributed by atoms with E-state index in [2.05, 4.69) is 11.5 Å². The van der Waals surface area contributed by atoms with Crippen molar-refractivity contribution in [3.8, 4) is 11.4 Å². The zero-order chi connectivity index (χ0) is 23.3. The van der Waals surface area contributed by atoms with Gasteiger partial charge in [0, 0.05) is 47.3 Å². The van der Waals surface area contributed by atoms with E-state index in [0.717, 1.165) is 72.4 Å². The molecular formula is C24H33N3O3S2. The number of hydrogen-bond acceptors (Lipinski definition) is 5. The van der Waals surface area contributed by atoms with Gasteiger partial charge in [-0.1, -0.05) is 31.9 Å². The van der Waals surface area contributed by atoms with E-state index in [0.29, 0.717) is 5.69 Å². The van der Waals surface area contributed by atoms with Gasteiger partial charge in [0.05, 0.1) is 0 Å². The van der Waals surface area contributed by atoms with E-state index in [4.69, 9.17) is 4.98 Å². The molecule has 1 aromatic carbocycles. The Bertz CT molecular complexity index is 948. The Morgan fingerprint density at radius 3 is 2.41 bits per heavy atom. The molecule has 3 rings (SSSR count). The van der Waals surface area contributed by atoms with Crippen LogP contribution in [-0.2, 0) is 11.3 Å². The Hall–Kier alpha value is -1.93. The van der Waals surface area contributed by atoms with Crippen LogP contribution < -0.4 is 0 Å². The number of aromatic nitrogens is 2. The molecule has 6 nitrogen and oxygen atoms in total. The fourth-order valence-corrected chi connectivity index (χ4v) is 5.53. The lowest BCUT2D eigenvalue weighted by atomic mass is 10.2. The van der Waals surface area contributed by atoms with Gasteiger partial charge >= 0.3 is 5.97 Å². The third-order valence-electron chi connectivity index (χ3n) is 5.71. The largest absolute Gasteiger partial charge is 0.480 e. The van der Waals surface area contributed by atoms with Gasteiger partial charge < -0.3 is 14.6 Å². The number of unbranched alkanes of at least 4 members (excludes halogenated alkanes) is 2. The highest BCUT2D eigenvalue weighted by Crippen LogP contribution is 2.34. The molecule has 8 heteroatoms. The monoisotopic (exact) mass is 475 g/mol. The number of rotatable bonds is 9. The molecule has 0 aliphatic carbocycles. The van der Waals surface area contributed by atoms with Gasteiger partial charge in [-0.3, -0.25) is 9.59 Å². The molecule has 0 radical (unpaired) electrons. The number of carboxylic acid groups (broad SMARTS) is 1. The number of carbonyl (C=O) groups excluding carboxylic acids is 1. The van der Waals surface area contributed by atoms with Gasteiger partial charge in [0.2, 0.25) is 0 Å². The van der Waals surface area contributed by atoms with Crippen LogP contribution in [0.3, 0.4) is 0 Å². The van der Waals surface area contributed by atoms with E-state index >= 15 is 0 Å². The van der Waals surface area contributed by atoms with Crippen LogP contribution in [-0.4, -0.2) is 60.8 Å². The van der Waals surface area contributed by atoms with Crippen molar-refractivity contribution in [2.75, 3.05) is 24.6 Å². The average molecular weight is 476 g/mol. The summed E-state index contributed by atoms with van der Waals surface area (Å²) < 4.78 is 1.27. The number of nitrogens with zero attached hydrogens (tertiary/aromatic N) is 3. The van der Waals surface area contributed by atoms with Crippen molar-refractivity contribution in [2.45, 2.75) is 63.1 Å². The Kier molecular flexibility index (Phi) is 8.33. The fraction of sp³-hybridized carbons (Fsp3) is 0.542. The molecular weight excluding hydrogens is 442 g/mol. The van der Waals surface area contributed by atoms with Crippen molar-refractivity contribution in [1.82, 2.24) is 14.5 Å². The van der Waals surface area contributed by atoms with Gasteiger partial charge in [0.25, 0.3) is 5.91 Å². The van der Waals surface area contributed by atoms with E-state index in [1.807, 2.05) is 47.9 Å². The molecule has 2 aromatic rings. The lowest BCUT2D eigenvalue weighted by molar-refractivity contribution is -0.138. The highest BCUT2D eigenvalue weighted by molar-refractivity contribution is 8.01. The molecule has 1 aliphatic heterocycles. The second-order valence-electron chi connectivity index (χ2n) is 8.57. The van der Waals surface area contributed by atoms with Crippen LogP contribution in [0.25, 0.3) is 11.4 Å². The maximum absolute atomic E-state index is 13.2. The Labute approximate surface area is 199 Å². The Balaban J connectivity index is 1.91. The number of thioether (sulfide) groups is 2. The minimum Gasteiger partial charge on any atom is -0.480 e. The number of imidazole rings is 1. The molecule has 1 aliphatic rings. The molecule has 2 heterocycles. The first-order valence-electron chi connectivity index (χ1n) is 11.2. The van der Waals surface area contributed by atoms with Crippen LogP contribution in [0.5, 0.6) is 0 Å². The Morgan fingerprint density at radius 2 is 1.81 bits per heavy atom. The summed E-state index contributed by atoms with van der Waals surface area (Å²) in [6.07, 6.45) is 3.30. The first kappa shape index (κ1) is 24.7. The topological polar surface area (TPSA) is 75.4 Å². The molecule has 0 atom stereocenters. The van der Waals surface area contributed by atoms with Crippen LogP contribution >= 0.6 is 23.5 Å². The summed E-state index contributed by atoms with van der Waals surface area (Å²) in [7, 11) is 0. The van der Waals surface area contributed by atoms with Crippen LogP contribution in [0.4, 0.5) is 0 Å². The van der Waals surface area contributed by atoms with Crippen molar-refractivity contribution >= 4 is 35.4 Å². The van der Waals surface area contributed by atoms with Gasteiger partial charge in [-0.05, 0) is 39.3 Å². The second kappa shape index (κ2) is 10.8. The van der Waals surface area contributed by atoms with Crippen molar-refractivity contribution in [2.24, 2.45) is 0 Å². The number of benzene rings is 1. The van der Waals surface area contributed by atoms with E-state index in [1.54, 1.807) is 13.8 Å². The van der Waals surface area contributed by atoms with Gasteiger partial charge in [-0.15, -0.1) is 11.8 Å². The molecule has 174 valence electrons. The van der Waals surface area contributed by atoms with E-state index in [9.17, 15) is 14.7 Å². The van der Waals surface area contributed by atoms with Gasteiger partial charge in [-0.25, -0.2) is 4.98 Å². The maximum atomic E-state index is 13.2. The smallest absolute Gasteiger partial charge is 0.319 e. The van der Waals surface area contributed by atoms with Gasteiger partial charge in [0.15, 0.2) is 0 Å². The van der Waals surface area contributed by atoms with Crippen LogP contribution in [0.15, 0.2) is 29.2 Å². The Morgan fingerprint density at radius 1 is 1.16 bits per heavy atom. The summed E-state index contributed by atoms with van der Waals surface area (Å²) in [5.74, 6) is 1.94. The summed E-state index contributed by atoms with van der Waals surface area (Å²) in [6, 6.07) is 7.83. The molecule has 1 aromatic heterocycles. The number of hydrogen-bond donors (Lipinski definition) is 1. The van der Waals surface area contributed by atoms with Crippen LogP contribution in [0, 0.1) is 6.92 Å². The quantitative estimate of drug-likeness (QED) is 0.397. The van der Waals surface area contributed by atoms with Gasteiger partial charge in [-0.2, -0.15) is 11.8 Å². The molecule has 0 spiro atoms. The summed E-state index contributed by atoms with van der Waals surface area (Å²) in [4.78, 5) is 32.3. The van der Waals surface area contributed by atoms with Crippen molar-refractivity contribution in [3.63, 3.8) is 0 Å². The number of amides is 1. The van der Waals surface area contributed by atoms with E-state index in [-0.39, 0.29) is 5.91 Å². The zero-order valence-electron chi connectivity index (χ0n) is 19.4. The van der Waals surface area contributed by atoms with E-state index < -0.39 is 10.7 Å². The zero-order valence-corrected chi connectivity index (χ0v) is 21.0. The third-order valence-corrected chi connectivity index (χ3v) is 7.84. The highest BCUT2D eigenvalue weighted by Gasteiger charge is 2.29.